The van der Waals surface area contributed by atoms with E-state index in [1.807, 2.05) is 0 Å². The minimum absolute atomic E-state index is 0.00755. The molecule has 0 aliphatic rings. The molecule has 6 heteroatoms. The number of carbonyl (C=O) groups is 1. The number of nitrogens with zero attached hydrogens (tertiary/aromatic N) is 2. The Morgan fingerprint density at radius 3 is 2.71 bits per heavy atom. The molecule has 1 heterocycles. The zero-order valence-corrected chi connectivity index (χ0v) is 8.25. The number of hydrogen-bond donors (Lipinski definition) is 0. The van der Waals surface area contributed by atoms with Gasteiger partial charge < -0.3 is 0 Å². The van der Waals surface area contributed by atoms with Crippen molar-refractivity contribution in [2.75, 3.05) is 0 Å². The van der Waals surface area contributed by atoms with Crippen molar-refractivity contribution in [1.82, 2.24) is 4.98 Å². The van der Waals surface area contributed by atoms with Crippen molar-refractivity contribution in [2.24, 2.45) is 0 Å². The van der Waals surface area contributed by atoms with Crippen LogP contribution in [0.4, 0.5) is 8.78 Å². The van der Waals surface area contributed by atoms with Crippen LogP contribution in [0.3, 0.4) is 0 Å². The molecule has 0 aromatic carbocycles. The molecule has 1 rings (SSSR count). The van der Waals surface area contributed by atoms with Crippen LogP contribution < -0.4 is 0 Å². The molecule has 0 aliphatic heterocycles. The molecular formula is C8H3BrF2N2O. The van der Waals surface area contributed by atoms with Crippen LogP contribution in [0.5, 0.6) is 0 Å². The number of alkyl halides is 2. The third-order valence-electron chi connectivity index (χ3n) is 1.46. The summed E-state index contributed by atoms with van der Waals surface area (Å²) in [6.45, 7) is 0. The van der Waals surface area contributed by atoms with Crippen LogP contribution in [0.25, 0.3) is 0 Å². The van der Waals surface area contributed by atoms with Crippen molar-refractivity contribution in [3.05, 3.63) is 27.5 Å². The topological polar surface area (TPSA) is 53.8 Å². The van der Waals surface area contributed by atoms with E-state index in [0.29, 0.717) is 6.29 Å². The lowest BCUT2D eigenvalue weighted by molar-refractivity contribution is 0.112. The molecule has 0 radical (unpaired) electrons. The lowest BCUT2D eigenvalue weighted by atomic mass is 10.2. The summed E-state index contributed by atoms with van der Waals surface area (Å²) >= 11 is 2.82. The average Bonchev–Trinajstić information content (AvgIpc) is 2.17. The summed E-state index contributed by atoms with van der Waals surface area (Å²) < 4.78 is 24.6. The van der Waals surface area contributed by atoms with Gasteiger partial charge in [0.15, 0.2) is 6.29 Å². The Bertz CT molecular complexity index is 415. The first-order chi connectivity index (χ1) is 6.60. The van der Waals surface area contributed by atoms with Crippen molar-refractivity contribution in [2.45, 2.75) is 6.43 Å². The normalized spacial score (nSPS) is 9.93. The molecule has 0 unspecified atom stereocenters. The SMILES string of the molecule is N#Cc1cc(C=O)c(Br)c(C(F)F)n1. The van der Waals surface area contributed by atoms with E-state index in [1.165, 1.54) is 0 Å². The fourth-order valence-corrected chi connectivity index (χ4v) is 1.33. The molecular weight excluding hydrogens is 258 g/mol. The first-order valence-corrected chi connectivity index (χ1v) is 4.23. The van der Waals surface area contributed by atoms with Gasteiger partial charge >= 0.3 is 0 Å². The van der Waals surface area contributed by atoms with Crippen LogP contribution in [0.2, 0.25) is 0 Å². The van der Waals surface area contributed by atoms with Gasteiger partial charge in [0.1, 0.15) is 17.5 Å². The maximum atomic E-state index is 12.3. The van der Waals surface area contributed by atoms with Gasteiger partial charge in [0.25, 0.3) is 6.43 Å². The predicted molar refractivity (Wildman–Crippen MR) is 47.0 cm³/mol. The Kier molecular flexibility index (Phi) is 3.25. The maximum absolute atomic E-state index is 12.3. The lowest BCUT2D eigenvalue weighted by Crippen LogP contribution is -1.99. The second kappa shape index (κ2) is 4.24. The number of carbonyl (C=O) groups excluding carboxylic acids is 1. The average molecular weight is 261 g/mol. The highest BCUT2D eigenvalue weighted by Gasteiger charge is 2.17. The van der Waals surface area contributed by atoms with Crippen molar-refractivity contribution < 1.29 is 13.6 Å². The molecule has 0 amide bonds. The van der Waals surface area contributed by atoms with Gasteiger partial charge in [-0.2, -0.15) is 5.26 Å². The molecule has 1 aromatic rings. The number of halogens is 3. The molecule has 0 saturated carbocycles. The van der Waals surface area contributed by atoms with Gasteiger partial charge in [0, 0.05) is 5.56 Å². The largest absolute Gasteiger partial charge is 0.298 e. The molecule has 3 nitrogen and oxygen atoms in total. The van der Waals surface area contributed by atoms with Gasteiger partial charge in [0.2, 0.25) is 0 Å². The van der Waals surface area contributed by atoms with Crippen LogP contribution in [0, 0.1) is 11.3 Å². The Balaban J connectivity index is 3.43. The summed E-state index contributed by atoms with van der Waals surface area (Å²) in [4.78, 5) is 13.8. The van der Waals surface area contributed by atoms with E-state index >= 15 is 0 Å². The third kappa shape index (κ3) is 1.93. The fraction of sp³-hybridized carbons (Fsp3) is 0.125. The van der Waals surface area contributed by atoms with Crippen LogP contribution in [-0.4, -0.2) is 11.3 Å². The zero-order valence-electron chi connectivity index (χ0n) is 6.67. The van der Waals surface area contributed by atoms with Gasteiger partial charge in [-0.25, -0.2) is 13.8 Å². The van der Waals surface area contributed by atoms with E-state index in [-0.39, 0.29) is 15.7 Å². The standard InChI is InChI=1S/C8H3BrF2N2O/c9-6-4(3-14)1-5(2-12)13-7(6)8(10)11/h1,3,8H. The molecule has 0 aliphatic carbocycles. The molecule has 0 fully saturated rings. The molecule has 0 saturated heterocycles. The number of aromatic nitrogens is 1. The van der Waals surface area contributed by atoms with E-state index in [0.717, 1.165) is 6.07 Å². The molecule has 0 atom stereocenters. The Morgan fingerprint density at radius 1 is 1.64 bits per heavy atom. The highest BCUT2D eigenvalue weighted by molar-refractivity contribution is 9.10. The van der Waals surface area contributed by atoms with Crippen molar-refractivity contribution in [1.29, 1.82) is 5.26 Å². The number of nitriles is 1. The van der Waals surface area contributed by atoms with Crippen molar-refractivity contribution in [3.8, 4) is 6.07 Å². The number of pyridine rings is 1. The minimum Gasteiger partial charge on any atom is -0.298 e. The lowest BCUT2D eigenvalue weighted by Gasteiger charge is -2.04. The van der Waals surface area contributed by atoms with E-state index in [9.17, 15) is 13.6 Å². The van der Waals surface area contributed by atoms with Gasteiger partial charge in [-0.1, -0.05) is 0 Å². The Labute approximate surface area is 86.5 Å². The second-order valence-corrected chi connectivity index (χ2v) is 3.12. The zero-order chi connectivity index (χ0) is 10.7. The van der Waals surface area contributed by atoms with Gasteiger partial charge in [0.05, 0.1) is 4.47 Å². The molecule has 1 aromatic heterocycles. The van der Waals surface area contributed by atoms with E-state index in [2.05, 4.69) is 20.9 Å². The molecule has 0 spiro atoms. The molecule has 0 N–H and O–H groups in total. The second-order valence-electron chi connectivity index (χ2n) is 2.33. The highest BCUT2D eigenvalue weighted by Crippen LogP contribution is 2.28. The molecule has 14 heavy (non-hydrogen) atoms. The van der Waals surface area contributed by atoms with Crippen LogP contribution in [-0.2, 0) is 0 Å². The van der Waals surface area contributed by atoms with Gasteiger partial charge in [-0.3, -0.25) is 4.79 Å². The van der Waals surface area contributed by atoms with Gasteiger partial charge in [-0.15, -0.1) is 0 Å². The predicted octanol–water partition coefficient (Wildman–Crippen LogP) is 2.47. The van der Waals surface area contributed by atoms with E-state index in [4.69, 9.17) is 5.26 Å². The van der Waals surface area contributed by atoms with E-state index in [1.54, 1.807) is 6.07 Å². The maximum Gasteiger partial charge on any atom is 0.281 e. The van der Waals surface area contributed by atoms with Crippen LogP contribution in [0.1, 0.15) is 28.2 Å². The van der Waals surface area contributed by atoms with Crippen molar-refractivity contribution in [3.63, 3.8) is 0 Å². The first kappa shape index (κ1) is 10.7. The Morgan fingerprint density at radius 2 is 2.29 bits per heavy atom. The summed E-state index contributed by atoms with van der Waals surface area (Å²) in [6, 6.07) is 2.74. The highest BCUT2D eigenvalue weighted by atomic mass is 79.9. The smallest absolute Gasteiger partial charge is 0.281 e. The number of aldehydes is 1. The van der Waals surface area contributed by atoms with Gasteiger partial charge in [-0.05, 0) is 22.0 Å². The van der Waals surface area contributed by atoms with Crippen LogP contribution in [0.15, 0.2) is 10.5 Å². The fourth-order valence-electron chi connectivity index (χ4n) is 0.857. The van der Waals surface area contributed by atoms with E-state index < -0.39 is 12.1 Å². The van der Waals surface area contributed by atoms with Crippen LogP contribution >= 0.6 is 15.9 Å². The first-order valence-electron chi connectivity index (χ1n) is 3.44. The Hall–Kier alpha value is -1.35. The monoisotopic (exact) mass is 260 g/mol. The molecule has 0 bridgehead atoms. The summed E-state index contributed by atoms with van der Waals surface area (Å²) in [5.41, 5.74) is -0.802. The summed E-state index contributed by atoms with van der Waals surface area (Å²) in [5, 5.41) is 8.47. The minimum atomic E-state index is -2.82. The van der Waals surface area contributed by atoms with Crippen molar-refractivity contribution >= 4 is 22.2 Å². The molecule has 72 valence electrons. The summed E-state index contributed by atoms with van der Waals surface area (Å²) in [6.07, 6.45) is -2.44. The third-order valence-corrected chi connectivity index (χ3v) is 2.32. The number of hydrogen-bond acceptors (Lipinski definition) is 3. The number of rotatable bonds is 2. The summed E-state index contributed by atoms with van der Waals surface area (Å²) in [7, 11) is 0. The quantitative estimate of drug-likeness (QED) is 0.768. The summed E-state index contributed by atoms with van der Waals surface area (Å²) in [5.74, 6) is 0.